The van der Waals surface area contributed by atoms with Gasteiger partial charge in [-0.2, -0.15) is 16.5 Å². The average molecular weight is 391 g/mol. The maximum atomic E-state index is 12.5. The van der Waals surface area contributed by atoms with Crippen molar-refractivity contribution in [2.24, 2.45) is 0 Å². The highest BCUT2D eigenvalue weighted by Gasteiger charge is 2.46. The zero-order valence-electron chi connectivity index (χ0n) is 10.4. The van der Waals surface area contributed by atoms with Crippen LogP contribution in [0.2, 0.25) is 15.1 Å². The van der Waals surface area contributed by atoms with Gasteiger partial charge < -0.3 is 5.11 Å². The number of carboxylic acid groups (broad SMARTS) is 1. The number of halogens is 3. The molecule has 1 unspecified atom stereocenters. The smallest absolute Gasteiger partial charge is 0.325 e. The Bertz CT molecular complexity index is 664. The number of carboxylic acids is 1. The molecule has 1 aromatic carbocycles. The zero-order valence-corrected chi connectivity index (χ0v) is 14.3. The van der Waals surface area contributed by atoms with Crippen LogP contribution in [0.4, 0.5) is 0 Å². The average Bonchev–Trinajstić information content (AvgIpc) is 2.75. The Labute approximate surface area is 141 Å². The van der Waals surface area contributed by atoms with Gasteiger partial charge in [0.2, 0.25) is 10.0 Å². The SMILES string of the molecule is O=C(O)C1(NS(=O)(=O)c2c(Cl)cc(Cl)cc2Cl)CCSC1. The van der Waals surface area contributed by atoms with Crippen molar-refractivity contribution in [3.63, 3.8) is 0 Å². The van der Waals surface area contributed by atoms with E-state index in [1.165, 1.54) is 23.9 Å². The number of sulfonamides is 1. The third-order valence-corrected chi connectivity index (χ3v) is 6.86. The largest absolute Gasteiger partial charge is 0.480 e. The fourth-order valence-electron chi connectivity index (χ4n) is 1.95. The molecule has 5 nitrogen and oxygen atoms in total. The van der Waals surface area contributed by atoms with Gasteiger partial charge in [-0.1, -0.05) is 34.8 Å². The Kier molecular flexibility index (Phi) is 5.02. The van der Waals surface area contributed by atoms with Crippen molar-refractivity contribution in [2.45, 2.75) is 16.9 Å². The first-order valence-corrected chi connectivity index (χ1v) is 9.45. The van der Waals surface area contributed by atoms with E-state index in [0.29, 0.717) is 5.75 Å². The summed E-state index contributed by atoms with van der Waals surface area (Å²) in [5.74, 6) is -0.529. The highest BCUT2D eigenvalue weighted by Crippen LogP contribution is 2.35. The fraction of sp³-hybridized carbons (Fsp3) is 0.364. The molecular weight excluding hydrogens is 381 g/mol. The van der Waals surface area contributed by atoms with Gasteiger partial charge in [0.15, 0.2) is 0 Å². The molecule has 1 aromatic rings. The van der Waals surface area contributed by atoms with E-state index in [-0.39, 0.29) is 32.1 Å². The Morgan fingerprint density at radius 1 is 1.29 bits per heavy atom. The second-order valence-corrected chi connectivity index (χ2v) is 8.47. The van der Waals surface area contributed by atoms with Crippen LogP contribution < -0.4 is 4.72 Å². The number of thioether (sulfide) groups is 1. The van der Waals surface area contributed by atoms with Crippen LogP contribution in [0.25, 0.3) is 0 Å². The standard InChI is InChI=1S/C11H10Cl3NO4S2/c12-6-3-7(13)9(8(14)4-6)21(18,19)15-11(10(16)17)1-2-20-5-11/h3-4,15H,1-2,5H2,(H,16,17). The van der Waals surface area contributed by atoms with E-state index in [4.69, 9.17) is 34.8 Å². The van der Waals surface area contributed by atoms with Crippen LogP contribution in [-0.4, -0.2) is 36.5 Å². The molecule has 0 aliphatic carbocycles. The van der Waals surface area contributed by atoms with Crippen LogP contribution in [0.3, 0.4) is 0 Å². The Morgan fingerprint density at radius 2 is 1.86 bits per heavy atom. The third kappa shape index (κ3) is 3.43. The van der Waals surface area contributed by atoms with Gasteiger partial charge in [-0.3, -0.25) is 4.79 Å². The van der Waals surface area contributed by atoms with Gasteiger partial charge in [-0.05, 0) is 24.3 Å². The topological polar surface area (TPSA) is 83.5 Å². The van der Waals surface area contributed by atoms with Gasteiger partial charge in [0, 0.05) is 10.8 Å². The summed E-state index contributed by atoms with van der Waals surface area (Å²) >= 11 is 18.9. The van der Waals surface area contributed by atoms with Crippen molar-refractivity contribution in [2.75, 3.05) is 11.5 Å². The van der Waals surface area contributed by atoms with Crippen LogP contribution in [0.5, 0.6) is 0 Å². The third-order valence-electron chi connectivity index (χ3n) is 2.99. The molecule has 0 radical (unpaired) electrons. The number of benzene rings is 1. The van der Waals surface area contributed by atoms with Gasteiger partial charge in [-0.15, -0.1) is 0 Å². The number of hydrogen-bond acceptors (Lipinski definition) is 4. The monoisotopic (exact) mass is 389 g/mol. The molecule has 0 bridgehead atoms. The molecule has 1 aliphatic heterocycles. The van der Waals surface area contributed by atoms with Crippen LogP contribution in [0.15, 0.2) is 17.0 Å². The quantitative estimate of drug-likeness (QED) is 0.826. The van der Waals surface area contributed by atoms with Crippen molar-refractivity contribution in [3.8, 4) is 0 Å². The van der Waals surface area contributed by atoms with E-state index >= 15 is 0 Å². The number of aliphatic carboxylic acids is 1. The number of rotatable bonds is 4. The molecule has 0 amide bonds. The number of hydrogen-bond donors (Lipinski definition) is 2. The zero-order chi connectivity index (χ0) is 15.8. The van der Waals surface area contributed by atoms with Gasteiger partial charge >= 0.3 is 5.97 Å². The van der Waals surface area contributed by atoms with Crippen LogP contribution >= 0.6 is 46.6 Å². The molecule has 0 spiro atoms. The van der Waals surface area contributed by atoms with E-state index < -0.39 is 21.5 Å². The summed E-state index contributed by atoms with van der Waals surface area (Å²) in [5, 5.41) is 9.20. The molecule has 0 aromatic heterocycles. The molecule has 10 heteroatoms. The molecule has 1 saturated heterocycles. The Hall–Kier alpha value is -0.180. The van der Waals surface area contributed by atoms with Crippen molar-refractivity contribution in [1.29, 1.82) is 0 Å². The highest BCUT2D eigenvalue weighted by molar-refractivity contribution is 7.99. The van der Waals surface area contributed by atoms with Crippen LogP contribution in [0, 0.1) is 0 Å². The highest BCUT2D eigenvalue weighted by atomic mass is 35.5. The van der Waals surface area contributed by atoms with Gasteiger partial charge in [0.05, 0.1) is 10.0 Å². The molecule has 1 heterocycles. The number of nitrogens with one attached hydrogen (secondary N) is 1. The first kappa shape index (κ1) is 17.2. The van der Waals surface area contributed by atoms with Gasteiger partial charge in [0.25, 0.3) is 0 Å². The first-order valence-electron chi connectivity index (χ1n) is 5.68. The summed E-state index contributed by atoms with van der Waals surface area (Å²) in [6.45, 7) is 0. The predicted molar refractivity (Wildman–Crippen MR) is 84.1 cm³/mol. The minimum Gasteiger partial charge on any atom is -0.480 e. The first-order chi connectivity index (χ1) is 9.68. The normalized spacial score (nSPS) is 22.4. The lowest BCUT2D eigenvalue weighted by Gasteiger charge is -2.24. The lowest BCUT2D eigenvalue weighted by atomic mass is 10.0. The lowest BCUT2D eigenvalue weighted by Crippen LogP contribution is -2.54. The summed E-state index contributed by atoms with van der Waals surface area (Å²) in [6.07, 6.45) is 0.190. The molecule has 2 N–H and O–H groups in total. The minimum atomic E-state index is -4.19. The van der Waals surface area contributed by atoms with Crippen LogP contribution in [0.1, 0.15) is 6.42 Å². The van der Waals surface area contributed by atoms with Crippen molar-refractivity contribution in [1.82, 2.24) is 4.72 Å². The van der Waals surface area contributed by atoms with Gasteiger partial charge in [0.1, 0.15) is 10.4 Å². The molecule has 1 atom stereocenters. The second kappa shape index (κ2) is 6.14. The molecule has 1 fully saturated rings. The molecule has 0 saturated carbocycles. The molecule has 1 aliphatic rings. The lowest BCUT2D eigenvalue weighted by molar-refractivity contribution is -0.142. The Morgan fingerprint density at radius 3 is 2.29 bits per heavy atom. The van der Waals surface area contributed by atoms with Gasteiger partial charge in [-0.25, -0.2) is 8.42 Å². The summed E-state index contributed by atoms with van der Waals surface area (Å²) in [5.41, 5.74) is -1.55. The van der Waals surface area contributed by atoms with E-state index in [0.717, 1.165) is 0 Å². The maximum absolute atomic E-state index is 12.5. The van der Waals surface area contributed by atoms with E-state index in [2.05, 4.69) is 4.72 Å². The second-order valence-electron chi connectivity index (χ2n) is 4.49. The fourth-order valence-corrected chi connectivity index (χ4v) is 6.30. The van der Waals surface area contributed by atoms with E-state index in [1.807, 2.05) is 0 Å². The summed E-state index contributed by atoms with van der Waals surface area (Å²) in [4.78, 5) is 11.1. The number of carbonyl (C=O) groups is 1. The summed E-state index contributed by atoms with van der Waals surface area (Å²) in [7, 11) is -4.19. The van der Waals surface area contributed by atoms with Crippen molar-refractivity contribution in [3.05, 3.63) is 27.2 Å². The molecule has 116 valence electrons. The molecular formula is C11H10Cl3NO4S2. The van der Waals surface area contributed by atoms with Crippen molar-refractivity contribution >= 4 is 62.6 Å². The van der Waals surface area contributed by atoms with Crippen LogP contribution in [-0.2, 0) is 14.8 Å². The maximum Gasteiger partial charge on any atom is 0.325 e. The molecule has 2 rings (SSSR count). The molecule has 21 heavy (non-hydrogen) atoms. The minimum absolute atomic E-state index is 0.143. The van der Waals surface area contributed by atoms with E-state index in [9.17, 15) is 18.3 Å². The van der Waals surface area contributed by atoms with E-state index in [1.54, 1.807) is 0 Å². The predicted octanol–water partition coefficient (Wildman–Crippen LogP) is 2.89. The van der Waals surface area contributed by atoms with Crippen molar-refractivity contribution < 1.29 is 18.3 Å². The summed E-state index contributed by atoms with van der Waals surface area (Å²) in [6, 6.07) is 2.47. The summed E-state index contributed by atoms with van der Waals surface area (Å²) < 4.78 is 27.1. The Balaban J connectivity index is 2.46.